The fraction of sp³-hybridized carbons (Fsp3) is 0.167. The molecule has 0 aliphatic heterocycles. The summed E-state index contributed by atoms with van der Waals surface area (Å²) in [6.07, 6.45) is 0. The first kappa shape index (κ1) is 14.9. The number of nitro benzene ring substituents is 1. The normalized spacial score (nSPS) is 10.2. The number of benzene rings is 1. The highest BCUT2D eigenvalue weighted by molar-refractivity contribution is 7.09. The number of hydrogen-bond donors (Lipinski definition) is 3. The van der Waals surface area contributed by atoms with Gasteiger partial charge in [0.25, 0.3) is 11.6 Å². The lowest BCUT2D eigenvalue weighted by atomic mass is 10.1. The Kier molecular flexibility index (Phi) is 4.45. The van der Waals surface area contributed by atoms with Crippen molar-refractivity contribution in [3.05, 3.63) is 50.0 Å². The molecule has 110 valence electrons. The van der Waals surface area contributed by atoms with E-state index in [2.05, 4.69) is 15.7 Å². The van der Waals surface area contributed by atoms with Gasteiger partial charge in [-0.1, -0.05) is 0 Å². The smallest absolute Gasteiger partial charge is 0.294 e. The van der Waals surface area contributed by atoms with Gasteiger partial charge in [-0.05, 0) is 19.1 Å². The fourth-order valence-electron chi connectivity index (χ4n) is 1.71. The molecule has 0 bridgehead atoms. The Labute approximate surface area is 124 Å². The number of anilines is 1. The van der Waals surface area contributed by atoms with Gasteiger partial charge in [0.15, 0.2) is 0 Å². The number of nitrogens with zero attached hydrogens (tertiary/aromatic N) is 2. The van der Waals surface area contributed by atoms with Crippen LogP contribution in [0, 0.1) is 17.0 Å². The van der Waals surface area contributed by atoms with Crippen molar-refractivity contribution in [2.24, 2.45) is 5.84 Å². The van der Waals surface area contributed by atoms with Gasteiger partial charge in [-0.15, -0.1) is 11.3 Å². The number of nitrogens with two attached hydrogens (primary N) is 1. The molecule has 0 saturated heterocycles. The molecule has 1 amide bonds. The average molecular weight is 307 g/mol. The van der Waals surface area contributed by atoms with Crippen LogP contribution in [0.4, 0.5) is 11.4 Å². The SMILES string of the molecule is Cc1nc(CNC(=O)c2ccc(NN)c([N+](=O)[O-])c2)cs1. The summed E-state index contributed by atoms with van der Waals surface area (Å²) in [4.78, 5) is 26.5. The van der Waals surface area contributed by atoms with E-state index in [4.69, 9.17) is 5.84 Å². The minimum atomic E-state index is -0.601. The molecule has 1 aromatic carbocycles. The van der Waals surface area contributed by atoms with Crippen molar-refractivity contribution in [2.45, 2.75) is 13.5 Å². The van der Waals surface area contributed by atoms with Crippen LogP contribution in [0.5, 0.6) is 0 Å². The van der Waals surface area contributed by atoms with Crippen LogP contribution in [0.3, 0.4) is 0 Å². The maximum Gasteiger partial charge on any atom is 0.294 e. The molecule has 8 nitrogen and oxygen atoms in total. The zero-order chi connectivity index (χ0) is 15.4. The van der Waals surface area contributed by atoms with Crippen molar-refractivity contribution in [1.82, 2.24) is 10.3 Å². The first-order valence-electron chi connectivity index (χ1n) is 5.95. The maximum absolute atomic E-state index is 12.0. The van der Waals surface area contributed by atoms with Crippen LogP contribution in [-0.2, 0) is 6.54 Å². The summed E-state index contributed by atoms with van der Waals surface area (Å²) in [7, 11) is 0. The molecule has 2 rings (SSSR count). The van der Waals surface area contributed by atoms with E-state index < -0.39 is 10.8 Å². The van der Waals surface area contributed by atoms with Crippen molar-refractivity contribution >= 4 is 28.6 Å². The molecule has 0 unspecified atom stereocenters. The third-order valence-electron chi connectivity index (χ3n) is 2.71. The number of hydrazine groups is 1. The number of carbonyl (C=O) groups excluding carboxylic acids is 1. The van der Waals surface area contributed by atoms with E-state index in [1.54, 1.807) is 0 Å². The van der Waals surface area contributed by atoms with Gasteiger partial charge in [0.2, 0.25) is 0 Å². The van der Waals surface area contributed by atoms with Crippen LogP contribution >= 0.6 is 11.3 Å². The zero-order valence-electron chi connectivity index (χ0n) is 11.1. The minimum absolute atomic E-state index is 0.145. The molecule has 4 N–H and O–H groups in total. The van der Waals surface area contributed by atoms with Crippen LogP contribution in [0.1, 0.15) is 21.1 Å². The van der Waals surface area contributed by atoms with Crippen LogP contribution in [0.2, 0.25) is 0 Å². The molecule has 0 aliphatic carbocycles. The van der Waals surface area contributed by atoms with E-state index in [1.807, 2.05) is 12.3 Å². The van der Waals surface area contributed by atoms with Crippen molar-refractivity contribution in [3.63, 3.8) is 0 Å². The van der Waals surface area contributed by atoms with Crippen molar-refractivity contribution in [1.29, 1.82) is 0 Å². The van der Waals surface area contributed by atoms with Gasteiger partial charge in [0.1, 0.15) is 5.69 Å². The van der Waals surface area contributed by atoms with Gasteiger partial charge in [-0.3, -0.25) is 20.8 Å². The van der Waals surface area contributed by atoms with Crippen LogP contribution in [0.15, 0.2) is 23.6 Å². The number of nitrogens with one attached hydrogen (secondary N) is 2. The molecule has 0 aliphatic rings. The molecule has 0 radical (unpaired) electrons. The number of carbonyl (C=O) groups is 1. The van der Waals surface area contributed by atoms with Gasteiger partial charge in [-0.25, -0.2) is 4.98 Å². The third kappa shape index (κ3) is 3.52. The van der Waals surface area contributed by atoms with Crippen molar-refractivity contribution < 1.29 is 9.72 Å². The summed E-state index contributed by atoms with van der Waals surface area (Å²) in [5, 5.41) is 16.3. The second kappa shape index (κ2) is 6.29. The Bertz CT molecular complexity index is 685. The Morgan fingerprint density at radius 1 is 1.52 bits per heavy atom. The summed E-state index contributed by atoms with van der Waals surface area (Å²) in [6, 6.07) is 4.03. The molecule has 2 aromatic rings. The highest BCUT2D eigenvalue weighted by Crippen LogP contribution is 2.24. The predicted molar refractivity (Wildman–Crippen MR) is 78.9 cm³/mol. The van der Waals surface area contributed by atoms with Gasteiger partial charge >= 0.3 is 0 Å². The number of hydrogen-bond acceptors (Lipinski definition) is 7. The summed E-state index contributed by atoms with van der Waals surface area (Å²) in [5.41, 5.74) is 3.05. The van der Waals surface area contributed by atoms with E-state index in [9.17, 15) is 14.9 Å². The second-order valence-corrected chi connectivity index (χ2v) is 5.24. The zero-order valence-corrected chi connectivity index (χ0v) is 11.9. The summed E-state index contributed by atoms with van der Waals surface area (Å²) in [5.74, 6) is 4.78. The molecule has 1 aromatic heterocycles. The molecule has 0 fully saturated rings. The topological polar surface area (TPSA) is 123 Å². The molecular formula is C12H13N5O3S. The Balaban J connectivity index is 2.12. The summed E-state index contributed by atoms with van der Waals surface area (Å²) < 4.78 is 0. The molecular weight excluding hydrogens is 294 g/mol. The Morgan fingerprint density at radius 3 is 2.86 bits per heavy atom. The Morgan fingerprint density at radius 2 is 2.29 bits per heavy atom. The summed E-state index contributed by atoms with van der Waals surface area (Å²) in [6.45, 7) is 2.14. The lowest BCUT2D eigenvalue weighted by Gasteiger charge is -2.06. The highest BCUT2D eigenvalue weighted by atomic mass is 32.1. The number of aryl methyl sites for hydroxylation is 1. The van der Waals surface area contributed by atoms with Crippen molar-refractivity contribution in [3.8, 4) is 0 Å². The van der Waals surface area contributed by atoms with E-state index in [0.717, 1.165) is 10.7 Å². The molecule has 0 saturated carbocycles. The second-order valence-electron chi connectivity index (χ2n) is 4.17. The van der Waals surface area contributed by atoms with E-state index in [1.165, 1.54) is 29.5 Å². The molecule has 9 heteroatoms. The van der Waals surface area contributed by atoms with Gasteiger partial charge < -0.3 is 10.7 Å². The number of thiazole rings is 1. The maximum atomic E-state index is 12.0. The molecule has 0 atom stereocenters. The number of aromatic nitrogens is 1. The van der Waals surface area contributed by atoms with E-state index in [-0.39, 0.29) is 23.5 Å². The van der Waals surface area contributed by atoms with Gasteiger partial charge in [0.05, 0.1) is 22.2 Å². The van der Waals surface area contributed by atoms with Gasteiger partial charge in [-0.2, -0.15) is 0 Å². The number of amides is 1. The average Bonchev–Trinajstić information content (AvgIpc) is 2.89. The standard InChI is InChI=1S/C12H13N5O3S/c1-7-15-9(6-21-7)5-14-12(18)8-2-3-10(16-13)11(4-8)17(19)20/h2-4,6,16H,5,13H2,1H3,(H,14,18). The molecule has 1 heterocycles. The quantitative estimate of drug-likeness (QED) is 0.438. The molecule has 0 spiro atoms. The monoisotopic (exact) mass is 307 g/mol. The minimum Gasteiger partial charge on any atom is -0.346 e. The number of nitrogen functional groups attached to an aromatic ring is 1. The Hall–Kier alpha value is -2.52. The van der Waals surface area contributed by atoms with Crippen LogP contribution in [0.25, 0.3) is 0 Å². The number of rotatable bonds is 5. The predicted octanol–water partition coefficient (Wildman–Crippen LogP) is 1.58. The largest absolute Gasteiger partial charge is 0.346 e. The first-order valence-corrected chi connectivity index (χ1v) is 6.83. The molecule has 21 heavy (non-hydrogen) atoms. The first-order chi connectivity index (χ1) is 10.0. The van der Waals surface area contributed by atoms with Gasteiger partial charge in [0, 0.05) is 17.0 Å². The lowest BCUT2D eigenvalue weighted by molar-refractivity contribution is -0.384. The third-order valence-corrected chi connectivity index (χ3v) is 3.53. The van der Waals surface area contributed by atoms with Crippen molar-refractivity contribution in [2.75, 3.05) is 5.43 Å². The van der Waals surface area contributed by atoms with E-state index >= 15 is 0 Å². The van der Waals surface area contributed by atoms with Crippen LogP contribution in [-0.4, -0.2) is 15.8 Å². The fourth-order valence-corrected chi connectivity index (χ4v) is 2.32. The lowest BCUT2D eigenvalue weighted by Crippen LogP contribution is -2.23. The van der Waals surface area contributed by atoms with E-state index in [0.29, 0.717) is 0 Å². The number of nitro groups is 1. The van der Waals surface area contributed by atoms with Crippen LogP contribution < -0.4 is 16.6 Å². The summed E-state index contributed by atoms with van der Waals surface area (Å²) >= 11 is 1.49. The highest BCUT2D eigenvalue weighted by Gasteiger charge is 2.17.